The molecule has 1 fully saturated rings. The largest absolute Gasteiger partial charge is 0.450 e. The highest BCUT2D eigenvalue weighted by molar-refractivity contribution is 9.10. The Morgan fingerprint density at radius 2 is 1.86 bits per heavy atom. The lowest BCUT2D eigenvalue weighted by atomic mass is 9.98. The topological polar surface area (TPSA) is 59.8 Å². The lowest BCUT2D eigenvalue weighted by Gasteiger charge is -2.27. The van der Waals surface area contributed by atoms with Crippen LogP contribution in [0.3, 0.4) is 0 Å². The predicted molar refractivity (Wildman–Crippen MR) is 108 cm³/mol. The summed E-state index contributed by atoms with van der Waals surface area (Å²) < 4.78 is 12.6. The molecule has 142 valence electrons. The molecule has 0 radical (unpaired) electrons. The molecule has 0 N–H and O–H groups in total. The van der Waals surface area contributed by atoms with E-state index in [1.54, 1.807) is 29.2 Å². The van der Waals surface area contributed by atoms with Crippen molar-refractivity contribution in [1.29, 1.82) is 0 Å². The van der Waals surface area contributed by atoms with Gasteiger partial charge in [0.15, 0.2) is 5.43 Å². The molecule has 6 heteroatoms. The van der Waals surface area contributed by atoms with E-state index >= 15 is 0 Å². The molecule has 0 aliphatic carbocycles. The number of hydrogen-bond acceptors (Lipinski definition) is 4. The van der Waals surface area contributed by atoms with Gasteiger partial charge in [-0.05, 0) is 42.7 Å². The van der Waals surface area contributed by atoms with Gasteiger partial charge in [0.05, 0.1) is 23.1 Å². The second-order valence-corrected chi connectivity index (χ2v) is 8.13. The average Bonchev–Trinajstić information content (AvgIpc) is 3.31. The fourth-order valence-corrected chi connectivity index (χ4v) is 4.42. The van der Waals surface area contributed by atoms with Gasteiger partial charge in [0.1, 0.15) is 5.58 Å². The number of fused-ring (bicyclic) bond motifs is 2. The maximum absolute atomic E-state index is 13.3. The third kappa shape index (κ3) is 2.79. The van der Waals surface area contributed by atoms with Crippen LogP contribution in [0.2, 0.25) is 0 Å². The Bertz CT molecular complexity index is 1120. The van der Waals surface area contributed by atoms with Gasteiger partial charge in [-0.1, -0.05) is 40.2 Å². The molecule has 0 bridgehead atoms. The van der Waals surface area contributed by atoms with Crippen molar-refractivity contribution in [3.63, 3.8) is 0 Å². The zero-order valence-corrected chi connectivity index (χ0v) is 16.6. The fraction of sp³-hybridized carbons (Fsp3) is 0.273. The molecule has 0 spiro atoms. The third-order valence-corrected chi connectivity index (χ3v) is 6.01. The SMILES string of the molecule is O=C1c2oc3ccccc3c(=O)c2[C@@H](c2ccc(Br)cc2)N1C[C@H]1CCCO1. The molecule has 2 aliphatic rings. The zero-order chi connectivity index (χ0) is 19.3. The van der Waals surface area contributed by atoms with Crippen molar-refractivity contribution in [3.05, 3.63) is 80.1 Å². The number of amides is 1. The van der Waals surface area contributed by atoms with E-state index in [4.69, 9.17) is 9.15 Å². The highest BCUT2D eigenvalue weighted by Crippen LogP contribution is 2.39. The van der Waals surface area contributed by atoms with Gasteiger partial charge >= 0.3 is 0 Å². The monoisotopic (exact) mass is 439 g/mol. The molecule has 1 amide bonds. The van der Waals surface area contributed by atoms with Gasteiger partial charge in [-0.25, -0.2) is 0 Å². The van der Waals surface area contributed by atoms with Crippen LogP contribution < -0.4 is 5.43 Å². The maximum Gasteiger partial charge on any atom is 0.291 e. The van der Waals surface area contributed by atoms with Gasteiger partial charge < -0.3 is 14.1 Å². The number of carbonyl (C=O) groups is 1. The van der Waals surface area contributed by atoms with Gasteiger partial charge in [0.2, 0.25) is 5.76 Å². The minimum absolute atomic E-state index is 0.0132. The first-order chi connectivity index (χ1) is 13.6. The molecule has 5 nitrogen and oxygen atoms in total. The van der Waals surface area contributed by atoms with Gasteiger partial charge in [0, 0.05) is 17.6 Å². The van der Waals surface area contributed by atoms with Crippen LogP contribution in [0, 0.1) is 0 Å². The van der Waals surface area contributed by atoms with E-state index in [9.17, 15) is 9.59 Å². The number of halogens is 1. The first-order valence-electron chi connectivity index (χ1n) is 9.37. The summed E-state index contributed by atoms with van der Waals surface area (Å²) in [6.07, 6.45) is 1.89. The summed E-state index contributed by atoms with van der Waals surface area (Å²) in [6, 6.07) is 14.3. The summed E-state index contributed by atoms with van der Waals surface area (Å²) in [5.41, 5.74) is 1.60. The third-order valence-electron chi connectivity index (χ3n) is 5.48. The summed E-state index contributed by atoms with van der Waals surface area (Å²) in [5.74, 6) is -0.101. The molecule has 2 aliphatic heterocycles. The highest BCUT2D eigenvalue weighted by Gasteiger charge is 2.43. The van der Waals surface area contributed by atoms with Gasteiger partial charge in [-0.3, -0.25) is 9.59 Å². The van der Waals surface area contributed by atoms with Crippen molar-refractivity contribution < 1.29 is 13.9 Å². The molecular formula is C22H18BrNO4. The number of ether oxygens (including phenoxy) is 1. The van der Waals surface area contributed by atoms with E-state index in [0.29, 0.717) is 29.7 Å². The van der Waals surface area contributed by atoms with Crippen LogP contribution in [-0.4, -0.2) is 30.1 Å². The molecule has 28 heavy (non-hydrogen) atoms. The van der Waals surface area contributed by atoms with E-state index in [1.165, 1.54) is 0 Å². The minimum atomic E-state index is -0.472. The number of hydrogen-bond donors (Lipinski definition) is 0. The number of benzene rings is 2. The number of carbonyl (C=O) groups excluding carboxylic acids is 1. The summed E-state index contributed by atoms with van der Waals surface area (Å²) in [7, 11) is 0. The van der Waals surface area contributed by atoms with Crippen LogP contribution in [-0.2, 0) is 4.74 Å². The minimum Gasteiger partial charge on any atom is -0.450 e. The molecule has 1 aromatic heterocycles. The molecule has 0 saturated carbocycles. The summed E-state index contributed by atoms with van der Waals surface area (Å²) in [4.78, 5) is 28.3. The van der Waals surface area contributed by atoms with Gasteiger partial charge in [-0.15, -0.1) is 0 Å². The number of rotatable bonds is 3. The van der Waals surface area contributed by atoms with Crippen LogP contribution in [0.5, 0.6) is 0 Å². The quantitative estimate of drug-likeness (QED) is 0.610. The summed E-state index contributed by atoms with van der Waals surface area (Å²) in [5, 5.41) is 0.495. The summed E-state index contributed by atoms with van der Waals surface area (Å²) >= 11 is 3.45. The zero-order valence-electron chi connectivity index (χ0n) is 15.1. The van der Waals surface area contributed by atoms with Crippen molar-refractivity contribution in [2.45, 2.75) is 25.0 Å². The second-order valence-electron chi connectivity index (χ2n) is 7.22. The molecule has 0 unspecified atom stereocenters. The van der Waals surface area contributed by atoms with Crippen molar-refractivity contribution in [2.75, 3.05) is 13.2 Å². The number of para-hydroxylation sites is 1. The van der Waals surface area contributed by atoms with E-state index in [-0.39, 0.29) is 23.2 Å². The first kappa shape index (κ1) is 17.6. The van der Waals surface area contributed by atoms with Gasteiger partial charge in [-0.2, -0.15) is 0 Å². The van der Waals surface area contributed by atoms with Gasteiger partial charge in [0.25, 0.3) is 5.91 Å². The van der Waals surface area contributed by atoms with Crippen LogP contribution >= 0.6 is 15.9 Å². The van der Waals surface area contributed by atoms with Crippen LogP contribution in [0.15, 0.2) is 62.2 Å². The molecule has 3 heterocycles. The van der Waals surface area contributed by atoms with E-state index in [2.05, 4.69) is 15.9 Å². The van der Waals surface area contributed by atoms with E-state index in [1.807, 2.05) is 24.3 Å². The Kier molecular flexibility index (Phi) is 4.33. The van der Waals surface area contributed by atoms with Crippen LogP contribution in [0.4, 0.5) is 0 Å². The Hall–Kier alpha value is -2.44. The molecule has 3 aromatic rings. The van der Waals surface area contributed by atoms with Crippen molar-refractivity contribution in [3.8, 4) is 0 Å². The Morgan fingerprint density at radius 1 is 1.07 bits per heavy atom. The van der Waals surface area contributed by atoms with Crippen molar-refractivity contribution >= 4 is 32.8 Å². The highest BCUT2D eigenvalue weighted by atomic mass is 79.9. The van der Waals surface area contributed by atoms with Crippen molar-refractivity contribution in [1.82, 2.24) is 4.90 Å². The smallest absolute Gasteiger partial charge is 0.291 e. The molecule has 1 saturated heterocycles. The molecule has 5 rings (SSSR count). The Labute approximate surface area is 170 Å². The fourth-order valence-electron chi connectivity index (χ4n) is 4.15. The Morgan fingerprint density at radius 3 is 2.61 bits per heavy atom. The number of nitrogens with zero attached hydrogens (tertiary/aromatic N) is 1. The van der Waals surface area contributed by atoms with Crippen LogP contribution in [0.25, 0.3) is 11.0 Å². The lowest BCUT2D eigenvalue weighted by molar-refractivity contribution is 0.0486. The lowest BCUT2D eigenvalue weighted by Crippen LogP contribution is -2.36. The normalized spacial score (nSPS) is 21.5. The molecule has 2 atom stereocenters. The Balaban J connectivity index is 1.70. The van der Waals surface area contributed by atoms with E-state index in [0.717, 1.165) is 22.9 Å². The maximum atomic E-state index is 13.3. The first-order valence-corrected chi connectivity index (χ1v) is 10.2. The average molecular weight is 440 g/mol. The summed E-state index contributed by atoms with van der Waals surface area (Å²) in [6.45, 7) is 1.16. The van der Waals surface area contributed by atoms with E-state index < -0.39 is 6.04 Å². The molecular weight excluding hydrogens is 422 g/mol. The van der Waals surface area contributed by atoms with Crippen molar-refractivity contribution in [2.24, 2.45) is 0 Å². The second kappa shape index (κ2) is 6.87. The standard InChI is InChI=1S/C22H18BrNO4/c23-14-9-7-13(8-10-14)19-18-20(25)16-5-1-2-6-17(16)28-21(18)22(26)24(19)12-15-4-3-11-27-15/h1-2,5-10,15,19H,3-4,11-12H2/t15-,19-/m1/s1. The molecule has 2 aromatic carbocycles. The van der Waals surface area contributed by atoms with Crippen LogP contribution in [0.1, 0.15) is 40.6 Å². The predicted octanol–water partition coefficient (Wildman–Crippen LogP) is 4.28.